The molecule has 0 saturated heterocycles. The van der Waals surface area contributed by atoms with Gasteiger partial charge in [0.05, 0.1) is 12.4 Å². The van der Waals surface area contributed by atoms with Gasteiger partial charge in [-0.25, -0.2) is 12.7 Å². The Morgan fingerprint density at radius 3 is 1.86 bits per heavy atom. The van der Waals surface area contributed by atoms with Crippen molar-refractivity contribution in [1.82, 2.24) is 4.31 Å². The zero-order valence-corrected chi connectivity index (χ0v) is 13.9. The summed E-state index contributed by atoms with van der Waals surface area (Å²) in [5.41, 5.74) is 1.56. The van der Waals surface area contributed by atoms with Crippen LogP contribution in [0.2, 0.25) is 0 Å². The first kappa shape index (κ1) is 18.1. The molecule has 1 rings (SSSR count). The number of hydrogen-bond acceptors (Lipinski definition) is 3. The summed E-state index contributed by atoms with van der Waals surface area (Å²) in [5, 5.41) is 9.02. The summed E-state index contributed by atoms with van der Waals surface area (Å²) in [6.45, 7) is 5.32. The average Bonchev–Trinajstić information content (AvgIpc) is 2.47. The van der Waals surface area contributed by atoms with Crippen LogP contribution in [0.5, 0.6) is 0 Å². The summed E-state index contributed by atoms with van der Waals surface area (Å²) in [6.07, 6.45) is 3.77. The van der Waals surface area contributed by atoms with Crippen molar-refractivity contribution >= 4 is 10.0 Å². The maximum Gasteiger partial charge on any atom is 0.218 e. The average molecular weight is 313 g/mol. The molecule has 0 fully saturated rings. The molecule has 4 nitrogen and oxygen atoms in total. The molecule has 1 aromatic carbocycles. The van der Waals surface area contributed by atoms with E-state index in [1.54, 1.807) is 28.6 Å². The van der Waals surface area contributed by atoms with Gasteiger partial charge >= 0.3 is 0 Å². The van der Waals surface area contributed by atoms with Crippen LogP contribution in [0, 0.1) is 0 Å². The molecule has 0 bridgehead atoms. The van der Waals surface area contributed by atoms with Crippen LogP contribution in [0.4, 0.5) is 0 Å². The predicted octanol–water partition coefficient (Wildman–Crippen LogP) is 2.91. The smallest absolute Gasteiger partial charge is 0.218 e. The van der Waals surface area contributed by atoms with Gasteiger partial charge in [0.2, 0.25) is 10.0 Å². The molecule has 0 aliphatic rings. The van der Waals surface area contributed by atoms with Crippen molar-refractivity contribution < 1.29 is 13.5 Å². The number of benzene rings is 1. The zero-order chi connectivity index (χ0) is 15.7. The van der Waals surface area contributed by atoms with Crippen LogP contribution in [-0.4, -0.2) is 30.9 Å². The molecule has 0 unspecified atom stereocenters. The fourth-order valence-electron chi connectivity index (χ4n) is 2.10. The van der Waals surface area contributed by atoms with Crippen molar-refractivity contribution in [2.45, 2.75) is 51.9 Å². The molecule has 0 aliphatic carbocycles. The summed E-state index contributed by atoms with van der Waals surface area (Å²) in [5.74, 6) is 0.0339. The molecular weight excluding hydrogens is 286 g/mol. The number of unbranched alkanes of at least 4 members (excludes halogenated alkanes) is 2. The van der Waals surface area contributed by atoms with E-state index in [0.29, 0.717) is 13.1 Å². The van der Waals surface area contributed by atoms with Gasteiger partial charge in [0.25, 0.3) is 0 Å². The lowest BCUT2D eigenvalue weighted by Crippen LogP contribution is -2.34. The topological polar surface area (TPSA) is 57.6 Å². The molecule has 0 radical (unpaired) electrons. The molecule has 1 aromatic rings. The van der Waals surface area contributed by atoms with Crippen LogP contribution in [0.1, 0.15) is 50.7 Å². The fourth-order valence-corrected chi connectivity index (χ4v) is 3.71. The number of sulfonamides is 1. The number of rotatable bonds is 10. The second kappa shape index (κ2) is 9.18. The molecule has 120 valence electrons. The molecule has 0 aromatic heterocycles. The van der Waals surface area contributed by atoms with Gasteiger partial charge in [-0.3, -0.25) is 0 Å². The van der Waals surface area contributed by atoms with Gasteiger partial charge in [-0.2, -0.15) is 0 Å². The Morgan fingerprint density at radius 1 is 0.952 bits per heavy atom. The van der Waals surface area contributed by atoms with Gasteiger partial charge in [0.15, 0.2) is 0 Å². The summed E-state index contributed by atoms with van der Waals surface area (Å²) in [7, 11) is -3.27. The van der Waals surface area contributed by atoms with Crippen molar-refractivity contribution in [3.8, 4) is 0 Å². The van der Waals surface area contributed by atoms with Crippen molar-refractivity contribution in [3.05, 3.63) is 35.4 Å². The van der Waals surface area contributed by atoms with E-state index in [4.69, 9.17) is 5.11 Å². The van der Waals surface area contributed by atoms with E-state index in [9.17, 15) is 8.42 Å². The lowest BCUT2D eigenvalue weighted by Gasteiger charge is -2.22. The molecule has 0 heterocycles. The highest BCUT2D eigenvalue weighted by molar-refractivity contribution is 7.88. The SMILES string of the molecule is CCCCN(CCCC)S(=O)(=O)Cc1ccc(CO)cc1. The fraction of sp³-hybridized carbons (Fsp3) is 0.625. The third kappa shape index (κ3) is 6.16. The predicted molar refractivity (Wildman–Crippen MR) is 86.4 cm³/mol. The lowest BCUT2D eigenvalue weighted by atomic mass is 10.2. The van der Waals surface area contributed by atoms with E-state index in [1.807, 2.05) is 0 Å². The van der Waals surface area contributed by atoms with Crippen LogP contribution < -0.4 is 0 Å². The minimum atomic E-state index is -3.27. The highest BCUT2D eigenvalue weighted by Crippen LogP contribution is 2.14. The maximum absolute atomic E-state index is 12.5. The first-order valence-electron chi connectivity index (χ1n) is 7.70. The van der Waals surface area contributed by atoms with Gasteiger partial charge in [-0.05, 0) is 24.0 Å². The van der Waals surface area contributed by atoms with Gasteiger partial charge < -0.3 is 5.11 Å². The van der Waals surface area contributed by atoms with Crippen molar-refractivity contribution in [3.63, 3.8) is 0 Å². The van der Waals surface area contributed by atoms with E-state index >= 15 is 0 Å². The second-order valence-electron chi connectivity index (χ2n) is 5.34. The third-order valence-corrected chi connectivity index (χ3v) is 5.32. The van der Waals surface area contributed by atoms with Gasteiger partial charge in [-0.1, -0.05) is 51.0 Å². The quantitative estimate of drug-likeness (QED) is 0.722. The zero-order valence-electron chi connectivity index (χ0n) is 13.1. The minimum Gasteiger partial charge on any atom is -0.392 e. The summed E-state index contributed by atoms with van der Waals surface area (Å²) >= 11 is 0. The molecule has 21 heavy (non-hydrogen) atoms. The second-order valence-corrected chi connectivity index (χ2v) is 7.31. The number of hydrogen-bond donors (Lipinski definition) is 1. The van der Waals surface area contributed by atoms with Crippen LogP contribution >= 0.6 is 0 Å². The number of aliphatic hydroxyl groups excluding tert-OH is 1. The van der Waals surface area contributed by atoms with Gasteiger partial charge in [-0.15, -0.1) is 0 Å². The van der Waals surface area contributed by atoms with E-state index in [1.165, 1.54) is 0 Å². The van der Waals surface area contributed by atoms with Crippen molar-refractivity contribution in [2.75, 3.05) is 13.1 Å². The Kier molecular flexibility index (Phi) is 7.93. The molecular formula is C16H27NO3S. The van der Waals surface area contributed by atoms with E-state index in [-0.39, 0.29) is 12.4 Å². The lowest BCUT2D eigenvalue weighted by molar-refractivity contribution is 0.282. The van der Waals surface area contributed by atoms with Crippen molar-refractivity contribution in [1.29, 1.82) is 0 Å². The summed E-state index contributed by atoms with van der Waals surface area (Å²) < 4.78 is 26.7. The molecule has 5 heteroatoms. The Hall–Kier alpha value is -0.910. The van der Waals surface area contributed by atoms with Gasteiger partial charge in [0.1, 0.15) is 0 Å². The standard InChI is InChI=1S/C16H27NO3S/c1-3-5-11-17(12-6-4-2)21(19,20)14-16-9-7-15(13-18)8-10-16/h7-10,18H,3-6,11-14H2,1-2H3. The first-order valence-corrected chi connectivity index (χ1v) is 9.31. The van der Waals surface area contributed by atoms with Crippen LogP contribution in [0.25, 0.3) is 0 Å². The van der Waals surface area contributed by atoms with Crippen molar-refractivity contribution in [2.24, 2.45) is 0 Å². The Bertz CT molecular complexity index is 489. The van der Waals surface area contributed by atoms with Crippen LogP contribution in [0.3, 0.4) is 0 Å². The largest absolute Gasteiger partial charge is 0.392 e. The highest BCUT2D eigenvalue weighted by Gasteiger charge is 2.21. The van der Waals surface area contributed by atoms with E-state index in [0.717, 1.165) is 36.8 Å². The van der Waals surface area contributed by atoms with Crippen LogP contribution in [-0.2, 0) is 22.4 Å². The molecule has 0 atom stereocenters. The maximum atomic E-state index is 12.5. The number of nitrogens with zero attached hydrogens (tertiary/aromatic N) is 1. The summed E-state index contributed by atoms with van der Waals surface area (Å²) in [6, 6.07) is 7.10. The van der Waals surface area contributed by atoms with E-state index < -0.39 is 10.0 Å². The normalized spacial score (nSPS) is 12.0. The Morgan fingerprint density at radius 2 is 1.43 bits per heavy atom. The Balaban J connectivity index is 2.77. The highest BCUT2D eigenvalue weighted by atomic mass is 32.2. The summed E-state index contributed by atoms with van der Waals surface area (Å²) in [4.78, 5) is 0. The molecule has 0 amide bonds. The molecule has 0 aliphatic heterocycles. The van der Waals surface area contributed by atoms with Gasteiger partial charge in [0, 0.05) is 13.1 Å². The minimum absolute atomic E-state index is 0.0217. The van der Waals surface area contributed by atoms with E-state index in [2.05, 4.69) is 13.8 Å². The molecule has 0 saturated carbocycles. The van der Waals surface area contributed by atoms with Crippen LogP contribution in [0.15, 0.2) is 24.3 Å². The Labute approximate surface area is 128 Å². The molecule has 0 spiro atoms. The number of aliphatic hydroxyl groups is 1. The monoisotopic (exact) mass is 313 g/mol. The third-order valence-electron chi connectivity index (χ3n) is 3.47. The first-order chi connectivity index (χ1) is 10.0. The molecule has 1 N–H and O–H groups in total.